The Bertz CT molecular complexity index is 1040. The largest absolute Gasteiger partial charge is 0.449 e. The average molecular weight is 395 g/mol. The molecule has 0 aliphatic carbocycles. The van der Waals surface area contributed by atoms with Gasteiger partial charge in [-0.1, -0.05) is 44.2 Å². The lowest BCUT2D eigenvalue weighted by Gasteiger charge is -2.20. The summed E-state index contributed by atoms with van der Waals surface area (Å²) in [6.45, 7) is 3.66. The maximum Gasteiger partial charge on any atom is 0.449 e. The zero-order valence-electron chi connectivity index (χ0n) is 15.6. The molecule has 0 atom stereocenters. The molecule has 0 amide bonds. The normalized spacial score (nSPS) is 12.1. The molecule has 0 saturated heterocycles. The summed E-state index contributed by atoms with van der Waals surface area (Å²) in [4.78, 5) is 20.5. The predicted molar refractivity (Wildman–Crippen MR) is 97.3 cm³/mol. The van der Waals surface area contributed by atoms with Gasteiger partial charge in [0.25, 0.3) is 5.56 Å². The van der Waals surface area contributed by atoms with Gasteiger partial charge >= 0.3 is 6.18 Å². The van der Waals surface area contributed by atoms with Gasteiger partial charge in [-0.2, -0.15) is 18.2 Å². The number of fused-ring (bicyclic) bond motifs is 1. The molecule has 0 spiro atoms. The van der Waals surface area contributed by atoms with Crippen LogP contribution in [-0.2, 0) is 19.8 Å². The fourth-order valence-electron chi connectivity index (χ4n) is 2.94. The van der Waals surface area contributed by atoms with Gasteiger partial charge in [-0.25, -0.2) is 10.0 Å². The zero-order valence-corrected chi connectivity index (χ0v) is 15.6. The average Bonchev–Trinajstić information content (AvgIpc) is 2.97. The van der Waals surface area contributed by atoms with Crippen LogP contribution in [0.3, 0.4) is 0 Å². The number of anilines is 1. The fraction of sp³-hybridized carbons (Fsp3) is 0.389. The number of hydrogen-bond donors (Lipinski definition) is 1. The van der Waals surface area contributed by atoms with Crippen LogP contribution in [0.4, 0.5) is 19.1 Å². The van der Waals surface area contributed by atoms with Crippen molar-refractivity contribution in [3.8, 4) is 0 Å². The van der Waals surface area contributed by atoms with Crippen molar-refractivity contribution in [1.29, 1.82) is 0 Å². The number of benzene rings is 1. The Morgan fingerprint density at radius 2 is 1.82 bits per heavy atom. The smallest absolute Gasteiger partial charge is 0.310 e. The second kappa shape index (κ2) is 7.27. The maximum absolute atomic E-state index is 13.6. The van der Waals surface area contributed by atoms with Crippen molar-refractivity contribution in [2.45, 2.75) is 26.6 Å². The molecule has 10 heteroatoms. The minimum atomic E-state index is -4.77. The molecular weight excluding hydrogens is 375 g/mol. The van der Waals surface area contributed by atoms with E-state index in [1.165, 1.54) is 7.05 Å². The lowest BCUT2D eigenvalue weighted by molar-refractivity contribution is -0.146. The summed E-state index contributed by atoms with van der Waals surface area (Å²) in [6.07, 6.45) is -4.77. The van der Waals surface area contributed by atoms with Crippen LogP contribution < -0.4 is 10.6 Å². The second-order valence-electron chi connectivity index (χ2n) is 6.93. The van der Waals surface area contributed by atoms with Crippen LogP contribution in [0, 0.1) is 5.92 Å². The number of halogens is 3. The first-order valence-electron chi connectivity index (χ1n) is 8.64. The number of imidazole rings is 1. The highest BCUT2D eigenvalue weighted by molar-refractivity contribution is 5.72. The van der Waals surface area contributed by atoms with Gasteiger partial charge in [0.2, 0.25) is 11.8 Å². The van der Waals surface area contributed by atoms with Crippen molar-refractivity contribution < 1.29 is 18.4 Å². The number of hydroxylamine groups is 1. The Morgan fingerprint density at radius 3 is 2.39 bits per heavy atom. The molecule has 3 rings (SSSR count). The van der Waals surface area contributed by atoms with E-state index in [1.54, 1.807) is 30.3 Å². The van der Waals surface area contributed by atoms with E-state index in [-0.39, 0.29) is 36.1 Å². The van der Waals surface area contributed by atoms with E-state index in [4.69, 9.17) is 0 Å². The van der Waals surface area contributed by atoms with E-state index < -0.39 is 17.6 Å². The predicted octanol–water partition coefficient (Wildman–Crippen LogP) is 3.05. The first-order valence-corrected chi connectivity index (χ1v) is 8.64. The van der Waals surface area contributed by atoms with Gasteiger partial charge in [0.05, 0.1) is 6.54 Å². The first kappa shape index (κ1) is 19.9. The molecule has 0 aliphatic rings. The van der Waals surface area contributed by atoms with Crippen LogP contribution in [0.5, 0.6) is 0 Å². The van der Waals surface area contributed by atoms with Gasteiger partial charge < -0.3 is 4.57 Å². The summed E-state index contributed by atoms with van der Waals surface area (Å²) < 4.78 is 42.6. The maximum atomic E-state index is 13.6. The van der Waals surface area contributed by atoms with Crippen molar-refractivity contribution in [1.82, 2.24) is 19.1 Å². The Morgan fingerprint density at radius 1 is 1.18 bits per heavy atom. The molecule has 150 valence electrons. The molecule has 7 nitrogen and oxygen atoms in total. The third-order valence-electron chi connectivity index (χ3n) is 4.17. The molecule has 1 N–H and O–H groups in total. The third-order valence-corrected chi connectivity index (χ3v) is 4.17. The fourth-order valence-corrected chi connectivity index (χ4v) is 2.94. The standard InChI is InChI=1S/C18H20F3N5O2/c1-11(2)9-26(28)17-23-14-13(15(27)24(17)3)25(16(22-14)18(19,20)21)10-12-7-5-4-6-8-12/h4-8,11,28H,9-10H2,1-3H3. The lowest BCUT2D eigenvalue weighted by Crippen LogP contribution is -2.32. The van der Waals surface area contributed by atoms with Crippen LogP contribution >= 0.6 is 0 Å². The third kappa shape index (κ3) is 3.72. The molecule has 0 saturated carbocycles. The lowest BCUT2D eigenvalue weighted by atomic mass is 10.2. The van der Waals surface area contributed by atoms with Gasteiger partial charge in [0.15, 0.2) is 11.2 Å². The second-order valence-corrected chi connectivity index (χ2v) is 6.93. The minimum absolute atomic E-state index is 0.0407. The van der Waals surface area contributed by atoms with E-state index in [0.717, 1.165) is 14.2 Å². The van der Waals surface area contributed by atoms with Crippen molar-refractivity contribution in [3.05, 3.63) is 52.1 Å². The number of nitrogens with zero attached hydrogens (tertiary/aromatic N) is 5. The highest BCUT2D eigenvalue weighted by atomic mass is 19.4. The van der Waals surface area contributed by atoms with Crippen LogP contribution in [-0.4, -0.2) is 30.9 Å². The molecule has 0 fully saturated rings. The molecule has 0 aliphatic heterocycles. The van der Waals surface area contributed by atoms with Gasteiger partial charge in [-0.05, 0) is 11.5 Å². The summed E-state index contributed by atoms with van der Waals surface area (Å²) >= 11 is 0. The highest BCUT2D eigenvalue weighted by Gasteiger charge is 2.39. The quantitative estimate of drug-likeness (QED) is 0.672. The van der Waals surface area contributed by atoms with E-state index >= 15 is 0 Å². The molecule has 0 unspecified atom stereocenters. The summed E-state index contributed by atoms with van der Waals surface area (Å²) in [7, 11) is 1.35. The Hall–Kier alpha value is -2.88. The SMILES string of the molecule is CC(C)CN(O)c1nc2nc(C(F)(F)F)n(Cc3ccccc3)c2c(=O)n1C. The number of aromatic nitrogens is 4. The molecule has 2 aromatic heterocycles. The molecule has 3 aromatic rings. The van der Waals surface area contributed by atoms with Crippen LogP contribution in [0.15, 0.2) is 35.1 Å². The highest BCUT2D eigenvalue weighted by Crippen LogP contribution is 2.31. The Balaban J connectivity index is 2.24. The minimum Gasteiger partial charge on any atom is -0.310 e. The van der Waals surface area contributed by atoms with Crippen molar-refractivity contribution in [2.75, 3.05) is 11.6 Å². The van der Waals surface area contributed by atoms with Crippen LogP contribution in [0.2, 0.25) is 0 Å². The van der Waals surface area contributed by atoms with E-state index in [0.29, 0.717) is 5.56 Å². The Kier molecular flexibility index (Phi) is 5.16. The van der Waals surface area contributed by atoms with Crippen LogP contribution in [0.1, 0.15) is 25.2 Å². The Labute approximate surface area is 158 Å². The number of alkyl halides is 3. The van der Waals surface area contributed by atoms with Gasteiger partial charge in [0.1, 0.15) is 0 Å². The molecule has 0 radical (unpaired) electrons. The van der Waals surface area contributed by atoms with E-state index in [2.05, 4.69) is 9.97 Å². The number of rotatable bonds is 5. The molecule has 2 heterocycles. The molecule has 28 heavy (non-hydrogen) atoms. The van der Waals surface area contributed by atoms with Gasteiger partial charge in [0, 0.05) is 13.6 Å². The number of hydrogen-bond acceptors (Lipinski definition) is 5. The van der Waals surface area contributed by atoms with Gasteiger partial charge in [-0.3, -0.25) is 14.6 Å². The molecule has 1 aromatic carbocycles. The summed E-state index contributed by atoms with van der Waals surface area (Å²) in [5.41, 5.74) is -0.756. The van der Waals surface area contributed by atoms with E-state index in [9.17, 15) is 23.2 Å². The molecular formula is C18H20F3N5O2. The van der Waals surface area contributed by atoms with E-state index in [1.807, 2.05) is 13.8 Å². The molecule has 0 bridgehead atoms. The van der Waals surface area contributed by atoms with Crippen molar-refractivity contribution >= 4 is 17.1 Å². The zero-order chi connectivity index (χ0) is 20.6. The van der Waals surface area contributed by atoms with Gasteiger partial charge in [-0.15, -0.1) is 0 Å². The summed E-state index contributed by atoms with van der Waals surface area (Å²) in [6, 6.07) is 8.47. The topological polar surface area (TPSA) is 76.2 Å². The van der Waals surface area contributed by atoms with Crippen molar-refractivity contribution in [3.63, 3.8) is 0 Å². The monoisotopic (exact) mass is 395 g/mol. The summed E-state index contributed by atoms with van der Waals surface area (Å²) in [5.74, 6) is -1.33. The van der Waals surface area contributed by atoms with Crippen LogP contribution in [0.25, 0.3) is 11.2 Å². The summed E-state index contributed by atoms with van der Waals surface area (Å²) in [5, 5.41) is 10.9. The first-order chi connectivity index (χ1) is 13.1. The van der Waals surface area contributed by atoms with Crippen molar-refractivity contribution in [2.24, 2.45) is 13.0 Å².